The Bertz CT molecular complexity index is 236. The summed E-state index contributed by atoms with van der Waals surface area (Å²) in [6, 6.07) is 0. The van der Waals surface area contributed by atoms with E-state index in [2.05, 4.69) is 13.2 Å². The molecule has 0 rings (SSSR count). The standard InChI is InChI=1S/C8H8O3/c1-3-4-5-6(2)7(9)8(10)11/h3-5H,1-2H2,(H,10,11). The molecule has 0 spiro atoms. The van der Waals surface area contributed by atoms with Gasteiger partial charge in [0.05, 0.1) is 0 Å². The first-order valence-corrected chi connectivity index (χ1v) is 2.85. The molecule has 0 unspecified atom stereocenters. The molecule has 3 heteroatoms. The van der Waals surface area contributed by atoms with Crippen LogP contribution in [0.1, 0.15) is 0 Å². The minimum absolute atomic E-state index is 0.0580. The summed E-state index contributed by atoms with van der Waals surface area (Å²) in [5, 5.41) is 8.18. The molecule has 0 atom stereocenters. The lowest BCUT2D eigenvalue weighted by molar-refractivity contribution is -0.147. The molecule has 0 radical (unpaired) electrons. The van der Waals surface area contributed by atoms with Crippen molar-refractivity contribution in [1.82, 2.24) is 0 Å². The topological polar surface area (TPSA) is 54.4 Å². The lowest BCUT2D eigenvalue weighted by Crippen LogP contribution is -2.12. The molecule has 0 aromatic rings. The Balaban J connectivity index is 4.26. The monoisotopic (exact) mass is 152 g/mol. The molecule has 0 aromatic heterocycles. The molecule has 0 fully saturated rings. The van der Waals surface area contributed by atoms with Crippen LogP contribution in [-0.2, 0) is 9.59 Å². The van der Waals surface area contributed by atoms with Gasteiger partial charge in [-0.1, -0.05) is 31.4 Å². The average Bonchev–Trinajstić information content (AvgIpc) is 1.98. The zero-order valence-electron chi connectivity index (χ0n) is 5.91. The molecular weight excluding hydrogens is 144 g/mol. The molecule has 1 N–H and O–H groups in total. The Morgan fingerprint density at radius 3 is 2.27 bits per heavy atom. The van der Waals surface area contributed by atoms with Gasteiger partial charge in [-0.25, -0.2) is 4.79 Å². The Kier molecular flexibility index (Phi) is 3.59. The van der Waals surface area contributed by atoms with Crippen molar-refractivity contribution < 1.29 is 14.7 Å². The molecule has 0 saturated heterocycles. The van der Waals surface area contributed by atoms with E-state index in [1.807, 2.05) is 0 Å². The fraction of sp³-hybridized carbons (Fsp3) is 0. The van der Waals surface area contributed by atoms with E-state index in [9.17, 15) is 9.59 Å². The number of hydrogen-bond donors (Lipinski definition) is 1. The van der Waals surface area contributed by atoms with E-state index in [4.69, 9.17) is 5.11 Å². The van der Waals surface area contributed by atoms with Gasteiger partial charge >= 0.3 is 5.97 Å². The number of carbonyl (C=O) groups excluding carboxylic acids is 1. The normalized spacial score (nSPS) is 9.45. The molecule has 0 saturated carbocycles. The van der Waals surface area contributed by atoms with Gasteiger partial charge in [0.1, 0.15) is 0 Å². The van der Waals surface area contributed by atoms with Crippen LogP contribution in [0.4, 0.5) is 0 Å². The van der Waals surface area contributed by atoms with Gasteiger partial charge in [-0.15, -0.1) is 0 Å². The van der Waals surface area contributed by atoms with E-state index in [1.54, 1.807) is 0 Å². The predicted octanol–water partition coefficient (Wildman–Crippen LogP) is 0.938. The largest absolute Gasteiger partial charge is 0.475 e. The van der Waals surface area contributed by atoms with Crippen molar-refractivity contribution in [2.24, 2.45) is 0 Å². The third-order valence-electron chi connectivity index (χ3n) is 0.919. The zero-order chi connectivity index (χ0) is 8.85. The molecule has 3 nitrogen and oxygen atoms in total. The van der Waals surface area contributed by atoms with Crippen LogP contribution < -0.4 is 0 Å². The second kappa shape index (κ2) is 4.22. The summed E-state index contributed by atoms with van der Waals surface area (Å²) in [7, 11) is 0. The van der Waals surface area contributed by atoms with Crippen LogP contribution in [-0.4, -0.2) is 16.9 Å². The molecule has 0 bridgehead atoms. The number of carboxylic acid groups (broad SMARTS) is 1. The predicted molar refractivity (Wildman–Crippen MR) is 41.1 cm³/mol. The number of allylic oxidation sites excluding steroid dienone is 3. The number of rotatable bonds is 4. The van der Waals surface area contributed by atoms with E-state index in [1.165, 1.54) is 18.2 Å². The van der Waals surface area contributed by atoms with Crippen molar-refractivity contribution in [3.63, 3.8) is 0 Å². The summed E-state index contributed by atoms with van der Waals surface area (Å²) in [6.07, 6.45) is 4.17. The summed E-state index contributed by atoms with van der Waals surface area (Å²) in [6.45, 7) is 6.60. The van der Waals surface area contributed by atoms with Gasteiger partial charge in [0, 0.05) is 5.57 Å². The van der Waals surface area contributed by atoms with Crippen LogP contribution in [0.2, 0.25) is 0 Å². The van der Waals surface area contributed by atoms with Gasteiger partial charge in [0.25, 0.3) is 5.78 Å². The Morgan fingerprint density at radius 2 is 1.91 bits per heavy atom. The van der Waals surface area contributed by atoms with Crippen molar-refractivity contribution in [2.75, 3.05) is 0 Å². The van der Waals surface area contributed by atoms with E-state index >= 15 is 0 Å². The molecule has 0 aliphatic heterocycles. The van der Waals surface area contributed by atoms with Crippen LogP contribution in [0.3, 0.4) is 0 Å². The van der Waals surface area contributed by atoms with E-state index in [0.29, 0.717) is 0 Å². The van der Waals surface area contributed by atoms with Gasteiger partial charge in [-0.2, -0.15) is 0 Å². The van der Waals surface area contributed by atoms with E-state index in [0.717, 1.165) is 0 Å². The quantitative estimate of drug-likeness (QED) is 0.370. The Hall–Kier alpha value is -1.64. The van der Waals surface area contributed by atoms with Gasteiger partial charge in [0.2, 0.25) is 0 Å². The minimum Gasteiger partial charge on any atom is -0.475 e. The van der Waals surface area contributed by atoms with Crippen LogP contribution in [0.15, 0.2) is 37.0 Å². The molecule has 0 aliphatic rings. The first-order chi connectivity index (χ1) is 5.09. The third-order valence-corrected chi connectivity index (χ3v) is 0.919. The maximum atomic E-state index is 10.6. The molecule has 58 valence electrons. The second-order valence-electron chi connectivity index (χ2n) is 1.75. The van der Waals surface area contributed by atoms with Crippen molar-refractivity contribution in [1.29, 1.82) is 0 Å². The van der Waals surface area contributed by atoms with Crippen molar-refractivity contribution in [2.45, 2.75) is 0 Å². The number of carbonyl (C=O) groups is 2. The Morgan fingerprint density at radius 1 is 1.36 bits per heavy atom. The number of hydrogen-bond acceptors (Lipinski definition) is 2. The fourth-order valence-corrected chi connectivity index (χ4v) is 0.397. The highest BCUT2D eigenvalue weighted by Crippen LogP contribution is 1.94. The first-order valence-electron chi connectivity index (χ1n) is 2.85. The molecule has 0 heterocycles. The molecule has 0 amide bonds. The number of Topliss-reactive ketones (excluding diaryl/α,β-unsaturated/α-hetero) is 1. The summed E-state index contributed by atoms with van der Waals surface area (Å²) in [4.78, 5) is 20.6. The maximum absolute atomic E-state index is 10.6. The number of aliphatic carboxylic acids is 1. The smallest absolute Gasteiger partial charge is 0.377 e. The first kappa shape index (κ1) is 9.36. The average molecular weight is 152 g/mol. The third kappa shape index (κ3) is 3.15. The SMILES string of the molecule is C=CC=CC(=C)C(=O)C(=O)O. The zero-order valence-corrected chi connectivity index (χ0v) is 5.91. The molecule has 0 aromatic carbocycles. The summed E-state index contributed by atoms with van der Waals surface area (Å²) >= 11 is 0. The second-order valence-corrected chi connectivity index (χ2v) is 1.75. The van der Waals surface area contributed by atoms with Crippen molar-refractivity contribution in [3.8, 4) is 0 Å². The van der Waals surface area contributed by atoms with Gasteiger partial charge < -0.3 is 5.11 Å². The van der Waals surface area contributed by atoms with Crippen molar-refractivity contribution >= 4 is 11.8 Å². The number of carboxylic acids is 1. The van der Waals surface area contributed by atoms with Crippen LogP contribution in [0.25, 0.3) is 0 Å². The lowest BCUT2D eigenvalue weighted by Gasteiger charge is -1.89. The highest BCUT2D eigenvalue weighted by atomic mass is 16.4. The van der Waals surface area contributed by atoms with E-state index < -0.39 is 11.8 Å². The van der Waals surface area contributed by atoms with Crippen molar-refractivity contribution in [3.05, 3.63) is 37.0 Å². The van der Waals surface area contributed by atoms with Crippen LogP contribution in [0, 0.1) is 0 Å². The molecular formula is C8H8O3. The van der Waals surface area contributed by atoms with Crippen LogP contribution >= 0.6 is 0 Å². The molecule has 11 heavy (non-hydrogen) atoms. The lowest BCUT2D eigenvalue weighted by atomic mass is 10.2. The Labute approximate surface area is 64.3 Å². The van der Waals surface area contributed by atoms with Gasteiger partial charge in [-0.05, 0) is 0 Å². The fourth-order valence-electron chi connectivity index (χ4n) is 0.397. The van der Waals surface area contributed by atoms with Gasteiger partial charge in [-0.3, -0.25) is 4.79 Å². The number of ketones is 1. The summed E-state index contributed by atoms with van der Waals surface area (Å²) in [5.41, 5.74) is -0.0580. The summed E-state index contributed by atoms with van der Waals surface area (Å²) < 4.78 is 0. The summed E-state index contributed by atoms with van der Waals surface area (Å²) in [5.74, 6) is -2.49. The molecule has 0 aliphatic carbocycles. The maximum Gasteiger partial charge on any atom is 0.377 e. The van der Waals surface area contributed by atoms with Gasteiger partial charge in [0.15, 0.2) is 0 Å². The van der Waals surface area contributed by atoms with Crippen LogP contribution in [0.5, 0.6) is 0 Å². The minimum atomic E-state index is -1.50. The highest BCUT2D eigenvalue weighted by Gasteiger charge is 2.12. The highest BCUT2D eigenvalue weighted by molar-refractivity contribution is 6.40. The van der Waals surface area contributed by atoms with E-state index in [-0.39, 0.29) is 5.57 Å².